The smallest absolute Gasteiger partial charge is 0.244 e. The van der Waals surface area contributed by atoms with Crippen molar-refractivity contribution >= 4 is 39.1 Å². The predicted octanol–water partition coefficient (Wildman–Crippen LogP) is 4.89. The zero-order valence-electron chi connectivity index (χ0n) is 22.9. The lowest BCUT2D eigenvalue weighted by Crippen LogP contribution is -2.53. The van der Waals surface area contributed by atoms with Gasteiger partial charge in [-0.1, -0.05) is 78.7 Å². The van der Waals surface area contributed by atoms with Crippen LogP contribution < -0.4 is 9.62 Å². The summed E-state index contributed by atoms with van der Waals surface area (Å²) in [6, 6.07) is 21.1. The lowest BCUT2D eigenvalue weighted by Gasteiger charge is -2.34. The maximum atomic E-state index is 14.1. The van der Waals surface area contributed by atoms with Crippen molar-refractivity contribution in [2.45, 2.75) is 46.2 Å². The Kier molecular flexibility index (Phi) is 10.5. The second-order valence-electron chi connectivity index (χ2n) is 9.71. The van der Waals surface area contributed by atoms with Gasteiger partial charge in [-0.25, -0.2) is 8.42 Å². The number of aryl methyl sites for hydroxylation is 2. The molecular formula is C30H36ClN3O4S. The minimum atomic E-state index is -3.82. The molecule has 0 heterocycles. The molecule has 9 heteroatoms. The first-order chi connectivity index (χ1) is 18.5. The summed E-state index contributed by atoms with van der Waals surface area (Å²) in [7, 11) is -3.82. The molecule has 208 valence electrons. The van der Waals surface area contributed by atoms with Crippen LogP contribution in [0.25, 0.3) is 0 Å². The normalized spacial score (nSPS) is 12.0. The van der Waals surface area contributed by atoms with Crippen LogP contribution in [0.3, 0.4) is 0 Å². The lowest BCUT2D eigenvalue weighted by atomic mass is 10.0. The zero-order chi connectivity index (χ0) is 28.6. The summed E-state index contributed by atoms with van der Waals surface area (Å²) in [5.41, 5.74) is 3.75. The van der Waals surface area contributed by atoms with E-state index in [9.17, 15) is 18.0 Å². The molecule has 39 heavy (non-hydrogen) atoms. The zero-order valence-corrected chi connectivity index (χ0v) is 24.4. The second-order valence-corrected chi connectivity index (χ2v) is 12.1. The second kappa shape index (κ2) is 13.6. The van der Waals surface area contributed by atoms with Gasteiger partial charge in [0.25, 0.3) is 0 Å². The molecule has 7 nitrogen and oxygen atoms in total. The Morgan fingerprint density at radius 1 is 0.949 bits per heavy atom. The number of sulfonamides is 1. The topological polar surface area (TPSA) is 86.8 Å². The van der Waals surface area contributed by atoms with E-state index < -0.39 is 28.5 Å². The van der Waals surface area contributed by atoms with Gasteiger partial charge >= 0.3 is 0 Å². The Morgan fingerprint density at radius 3 is 2.26 bits per heavy atom. The Morgan fingerprint density at radius 2 is 1.64 bits per heavy atom. The molecule has 3 aromatic carbocycles. The Balaban J connectivity index is 2.06. The maximum Gasteiger partial charge on any atom is 0.244 e. The van der Waals surface area contributed by atoms with Crippen LogP contribution in [0.4, 0.5) is 5.69 Å². The largest absolute Gasteiger partial charge is 0.354 e. The molecule has 3 aromatic rings. The molecule has 0 aliphatic rings. The molecule has 0 unspecified atom stereocenters. The van der Waals surface area contributed by atoms with Crippen molar-refractivity contribution in [2.24, 2.45) is 0 Å². The number of nitrogens with zero attached hydrogens (tertiary/aromatic N) is 2. The third kappa shape index (κ3) is 8.57. The Bertz CT molecular complexity index is 1400. The average molecular weight is 570 g/mol. The monoisotopic (exact) mass is 569 g/mol. The van der Waals surface area contributed by atoms with Crippen molar-refractivity contribution in [1.29, 1.82) is 0 Å². The molecule has 0 aromatic heterocycles. The summed E-state index contributed by atoms with van der Waals surface area (Å²) in [4.78, 5) is 29.0. The number of nitrogens with one attached hydrogen (secondary N) is 1. The molecule has 0 saturated heterocycles. The third-order valence-electron chi connectivity index (χ3n) is 6.36. The van der Waals surface area contributed by atoms with Crippen molar-refractivity contribution in [2.75, 3.05) is 23.7 Å². The Hall–Kier alpha value is -3.36. The number of rotatable bonds is 12. The first-order valence-electron chi connectivity index (χ1n) is 12.9. The van der Waals surface area contributed by atoms with Crippen LogP contribution in [0, 0.1) is 13.8 Å². The number of hydrogen-bond acceptors (Lipinski definition) is 4. The molecule has 3 rings (SSSR count). The van der Waals surface area contributed by atoms with Crippen molar-refractivity contribution < 1.29 is 18.0 Å². The summed E-state index contributed by atoms with van der Waals surface area (Å²) in [6.07, 6.45) is 2.09. The molecule has 1 atom stereocenters. The number of carbonyl (C=O) groups is 2. The van der Waals surface area contributed by atoms with Crippen molar-refractivity contribution in [3.8, 4) is 0 Å². The van der Waals surface area contributed by atoms with E-state index >= 15 is 0 Å². The number of halogens is 1. The highest BCUT2D eigenvalue weighted by molar-refractivity contribution is 7.92. The van der Waals surface area contributed by atoms with Crippen LogP contribution in [-0.4, -0.2) is 50.5 Å². The van der Waals surface area contributed by atoms with E-state index in [1.165, 1.54) is 4.90 Å². The van der Waals surface area contributed by atoms with E-state index in [1.807, 2.05) is 69.3 Å². The number of benzene rings is 3. The van der Waals surface area contributed by atoms with Gasteiger partial charge < -0.3 is 10.2 Å². The quantitative estimate of drug-likeness (QED) is 0.336. The lowest BCUT2D eigenvalue weighted by molar-refractivity contribution is -0.140. The Labute approximate surface area is 236 Å². The van der Waals surface area contributed by atoms with Crippen LogP contribution in [0.2, 0.25) is 5.02 Å². The van der Waals surface area contributed by atoms with E-state index in [0.29, 0.717) is 17.3 Å². The molecule has 0 aliphatic heterocycles. The number of carbonyl (C=O) groups excluding carboxylic acids is 2. The SMILES string of the molecule is CCCNC(=O)[C@@H](Cc1ccccc1)N(Cc1cccc(Cl)c1)C(=O)CN(c1ccc(C)cc1C)S(C)(=O)=O. The minimum Gasteiger partial charge on any atom is -0.354 e. The van der Waals surface area contributed by atoms with E-state index in [4.69, 9.17) is 11.6 Å². The highest BCUT2D eigenvalue weighted by atomic mass is 35.5. The molecule has 0 aliphatic carbocycles. The molecular weight excluding hydrogens is 534 g/mol. The van der Waals surface area contributed by atoms with Gasteiger partial charge in [0.05, 0.1) is 11.9 Å². The van der Waals surface area contributed by atoms with Gasteiger partial charge in [-0.3, -0.25) is 13.9 Å². The van der Waals surface area contributed by atoms with E-state index in [0.717, 1.165) is 39.2 Å². The van der Waals surface area contributed by atoms with E-state index in [-0.39, 0.29) is 18.9 Å². The van der Waals surface area contributed by atoms with Crippen LogP contribution in [0.5, 0.6) is 0 Å². The molecule has 0 bridgehead atoms. The highest BCUT2D eigenvalue weighted by Gasteiger charge is 2.33. The van der Waals surface area contributed by atoms with Gasteiger partial charge in [-0.05, 0) is 55.2 Å². The molecule has 0 spiro atoms. The van der Waals surface area contributed by atoms with Gasteiger partial charge in [0.1, 0.15) is 12.6 Å². The summed E-state index contributed by atoms with van der Waals surface area (Å²) in [5.74, 6) is -0.790. The van der Waals surface area contributed by atoms with Gasteiger partial charge in [-0.2, -0.15) is 0 Å². The van der Waals surface area contributed by atoms with Gasteiger partial charge in [0, 0.05) is 24.5 Å². The standard InChI is InChI=1S/C30H36ClN3O4S/c1-5-16-32-30(36)28(19-24-10-7-6-8-11-24)33(20-25-12-9-13-26(31)18-25)29(35)21-34(39(4,37)38)27-15-14-22(2)17-23(27)3/h6-15,17-18,28H,5,16,19-21H2,1-4H3,(H,32,36)/t28-/m1/s1. The highest BCUT2D eigenvalue weighted by Crippen LogP contribution is 2.25. The number of amides is 2. The maximum absolute atomic E-state index is 14.1. The molecule has 2 amide bonds. The number of hydrogen-bond donors (Lipinski definition) is 1. The summed E-state index contributed by atoms with van der Waals surface area (Å²) < 4.78 is 27.0. The summed E-state index contributed by atoms with van der Waals surface area (Å²) in [6.45, 7) is 5.78. The molecule has 0 radical (unpaired) electrons. The van der Waals surface area contributed by atoms with Crippen LogP contribution >= 0.6 is 11.6 Å². The summed E-state index contributed by atoms with van der Waals surface area (Å²) in [5, 5.41) is 3.43. The van der Waals surface area contributed by atoms with Crippen molar-refractivity contribution in [3.63, 3.8) is 0 Å². The fraction of sp³-hybridized carbons (Fsp3) is 0.333. The first kappa shape index (κ1) is 30.2. The van der Waals surface area contributed by atoms with Gasteiger partial charge in [0.2, 0.25) is 21.8 Å². The minimum absolute atomic E-state index is 0.0842. The fourth-order valence-electron chi connectivity index (χ4n) is 4.43. The molecule has 0 saturated carbocycles. The fourth-order valence-corrected chi connectivity index (χ4v) is 5.55. The third-order valence-corrected chi connectivity index (χ3v) is 7.72. The molecule has 0 fully saturated rings. The van der Waals surface area contributed by atoms with E-state index in [2.05, 4.69) is 5.32 Å². The first-order valence-corrected chi connectivity index (χ1v) is 15.1. The van der Waals surface area contributed by atoms with Gasteiger partial charge in [0.15, 0.2) is 0 Å². The van der Waals surface area contributed by atoms with Crippen LogP contribution in [0.1, 0.15) is 35.6 Å². The molecule has 1 N–H and O–H groups in total. The number of anilines is 1. The van der Waals surface area contributed by atoms with Crippen LogP contribution in [0.15, 0.2) is 72.8 Å². The average Bonchev–Trinajstić information content (AvgIpc) is 2.88. The predicted molar refractivity (Wildman–Crippen MR) is 157 cm³/mol. The summed E-state index contributed by atoms with van der Waals surface area (Å²) >= 11 is 6.23. The van der Waals surface area contributed by atoms with E-state index in [1.54, 1.807) is 24.3 Å². The van der Waals surface area contributed by atoms with Gasteiger partial charge in [-0.15, -0.1) is 0 Å². The van der Waals surface area contributed by atoms with Crippen LogP contribution in [-0.2, 0) is 32.6 Å². The van der Waals surface area contributed by atoms with Crippen molar-refractivity contribution in [1.82, 2.24) is 10.2 Å². The van der Waals surface area contributed by atoms with Crippen molar-refractivity contribution in [3.05, 3.63) is 100 Å².